The number of amides is 1. The number of aryl methyl sites for hydroxylation is 1. The second-order valence-corrected chi connectivity index (χ2v) is 7.96. The molecule has 3 rings (SSSR count). The van der Waals surface area contributed by atoms with E-state index in [0.717, 1.165) is 17.1 Å². The fourth-order valence-corrected chi connectivity index (χ4v) is 5.50. The zero-order valence-corrected chi connectivity index (χ0v) is 13.3. The molecule has 0 radical (unpaired) electrons. The van der Waals surface area contributed by atoms with Gasteiger partial charge in [-0.3, -0.25) is 4.79 Å². The highest BCUT2D eigenvalue weighted by molar-refractivity contribution is 7.98. The quantitative estimate of drug-likeness (QED) is 0.899. The van der Waals surface area contributed by atoms with Crippen molar-refractivity contribution in [3.63, 3.8) is 0 Å². The van der Waals surface area contributed by atoms with Crippen molar-refractivity contribution in [3.05, 3.63) is 21.4 Å². The highest BCUT2D eigenvalue weighted by Crippen LogP contribution is 2.32. The number of fused-ring (bicyclic) bond motifs is 1. The van der Waals surface area contributed by atoms with E-state index in [4.69, 9.17) is 5.73 Å². The van der Waals surface area contributed by atoms with Crippen molar-refractivity contribution in [2.45, 2.75) is 43.9 Å². The first-order valence-corrected chi connectivity index (χ1v) is 9.45. The third-order valence-corrected chi connectivity index (χ3v) is 6.63. The largest absolute Gasteiger partial charge is 0.347 e. The smallest absolute Gasteiger partial charge is 0.261 e. The van der Waals surface area contributed by atoms with E-state index in [9.17, 15) is 4.79 Å². The monoisotopic (exact) mass is 310 g/mol. The number of hydrogen-bond donors (Lipinski definition) is 2. The lowest BCUT2D eigenvalue weighted by molar-refractivity contribution is 0.0928. The Bertz CT molecular complexity index is 457. The first kappa shape index (κ1) is 14.4. The molecule has 1 atom stereocenters. The summed E-state index contributed by atoms with van der Waals surface area (Å²) in [7, 11) is 0. The van der Waals surface area contributed by atoms with Crippen molar-refractivity contribution in [1.82, 2.24) is 5.32 Å². The Morgan fingerprint density at radius 1 is 1.45 bits per heavy atom. The molecule has 1 saturated carbocycles. The van der Waals surface area contributed by atoms with Crippen LogP contribution < -0.4 is 11.1 Å². The summed E-state index contributed by atoms with van der Waals surface area (Å²) in [5.74, 6) is 2.90. The predicted molar refractivity (Wildman–Crippen MR) is 86.5 cm³/mol. The standard InChI is InChI=1S/C15H22N2OS2/c16-8-12(10-3-1-2-4-10)17-15(18)14-7-11-9-19-6-5-13(11)20-14/h7,10,12H,1-6,8-9,16H2,(H,17,18). The van der Waals surface area contributed by atoms with Gasteiger partial charge in [-0.2, -0.15) is 11.8 Å². The summed E-state index contributed by atoms with van der Waals surface area (Å²) in [6.07, 6.45) is 6.09. The minimum atomic E-state index is 0.0803. The topological polar surface area (TPSA) is 55.1 Å². The minimum Gasteiger partial charge on any atom is -0.347 e. The molecule has 2 aliphatic rings. The maximum Gasteiger partial charge on any atom is 0.261 e. The second kappa shape index (κ2) is 6.50. The molecular formula is C15H22N2OS2. The maximum atomic E-state index is 12.4. The zero-order chi connectivity index (χ0) is 13.9. The Morgan fingerprint density at radius 2 is 2.25 bits per heavy atom. The molecule has 0 bridgehead atoms. The van der Waals surface area contributed by atoms with E-state index < -0.39 is 0 Å². The molecule has 1 aromatic heterocycles. The number of hydrogen-bond acceptors (Lipinski definition) is 4. The first-order chi connectivity index (χ1) is 9.78. The van der Waals surface area contributed by atoms with Crippen LogP contribution in [0, 0.1) is 5.92 Å². The van der Waals surface area contributed by atoms with Crippen molar-refractivity contribution in [1.29, 1.82) is 0 Å². The van der Waals surface area contributed by atoms with Crippen LogP contribution in [0.3, 0.4) is 0 Å². The molecule has 2 heterocycles. The molecule has 3 nitrogen and oxygen atoms in total. The van der Waals surface area contributed by atoms with Gasteiger partial charge in [0, 0.05) is 23.2 Å². The summed E-state index contributed by atoms with van der Waals surface area (Å²) in [4.78, 5) is 14.7. The maximum absolute atomic E-state index is 12.4. The third kappa shape index (κ3) is 3.05. The molecule has 1 aromatic rings. The van der Waals surface area contributed by atoms with E-state index in [1.165, 1.54) is 41.9 Å². The molecule has 3 N–H and O–H groups in total. The molecular weight excluding hydrogens is 288 g/mol. The van der Waals surface area contributed by atoms with Crippen LogP contribution >= 0.6 is 23.1 Å². The summed E-state index contributed by atoms with van der Waals surface area (Å²) < 4.78 is 0. The van der Waals surface area contributed by atoms with Gasteiger partial charge >= 0.3 is 0 Å². The van der Waals surface area contributed by atoms with Crippen LogP contribution in [0.2, 0.25) is 0 Å². The molecule has 1 aliphatic heterocycles. The van der Waals surface area contributed by atoms with Crippen LogP contribution in [0.25, 0.3) is 0 Å². The fraction of sp³-hybridized carbons (Fsp3) is 0.667. The molecule has 0 spiro atoms. The average Bonchev–Trinajstić information content (AvgIpc) is 3.13. The van der Waals surface area contributed by atoms with Gasteiger partial charge in [-0.1, -0.05) is 12.8 Å². The van der Waals surface area contributed by atoms with Crippen LogP contribution in [0.4, 0.5) is 0 Å². The van der Waals surface area contributed by atoms with Crippen LogP contribution in [-0.2, 0) is 12.2 Å². The number of nitrogens with one attached hydrogen (secondary N) is 1. The lowest BCUT2D eigenvalue weighted by Gasteiger charge is -2.22. The molecule has 0 aromatic carbocycles. The second-order valence-electron chi connectivity index (χ2n) is 5.72. The summed E-state index contributed by atoms with van der Waals surface area (Å²) >= 11 is 3.63. The van der Waals surface area contributed by atoms with Gasteiger partial charge in [-0.05, 0) is 42.6 Å². The Hall–Kier alpha value is -0.520. The van der Waals surface area contributed by atoms with Crippen LogP contribution in [0.15, 0.2) is 6.07 Å². The fourth-order valence-electron chi connectivity index (χ4n) is 3.23. The lowest BCUT2D eigenvalue weighted by Crippen LogP contribution is -2.44. The van der Waals surface area contributed by atoms with E-state index in [-0.39, 0.29) is 11.9 Å². The van der Waals surface area contributed by atoms with Gasteiger partial charge in [0.2, 0.25) is 0 Å². The Labute approximate surface area is 128 Å². The van der Waals surface area contributed by atoms with Gasteiger partial charge in [0.1, 0.15) is 0 Å². The number of carbonyl (C=O) groups excluding carboxylic acids is 1. The number of thiophene rings is 1. The van der Waals surface area contributed by atoms with Gasteiger partial charge in [0.15, 0.2) is 0 Å². The van der Waals surface area contributed by atoms with E-state index >= 15 is 0 Å². The van der Waals surface area contributed by atoms with Crippen LogP contribution in [0.5, 0.6) is 0 Å². The van der Waals surface area contributed by atoms with Gasteiger partial charge in [0.25, 0.3) is 5.91 Å². The van der Waals surface area contributed by atoms with Gasteiger partial charge in [0.05, 0.1) is 4.88 Å². The summed E-state index contributed by atoms with van der Waals surface area (Å²) in [5, 5.41) is 3.17. The van der Waals surface area contributed by atoms with Crippen molar-refractivity contribution >= 4 is 29.0 Å². The summed E-state index contributed by atoms with van der Waals surface area (Å²) in [5.41, 5.74) is 7.22. The number of carbonyl (C=O) groups is 1. The normalized spacial score (nSPS) is 20.6. The number of nitrogens with two attached hydrogens (primary N) is 1. The van der Waals surface area contributed by atoms with Gasteiger partial charge < -0.3 is 11.1 Å². The average molecular weight is 310 g/mol. The molecule has 110 valence electrons. The van der Waals surface area contributed by atoms with E-state index in [2.05, 4.69) is 11.4 Å². The predicted octanol–water partition coefficient (Wildman–Crippen LogP) is 2.78. The molecule has 1 fully saturated rings. The Balaban J connectivity index is 1.67. The zero-order valence-electron chi connectivity index (χ0n) is 11.7. The number of rotatable bonds is 4. The number of thioether (sulfide) groups is 1. The summed E-state index contributed by atoms with van der Waals surface area (Å²) in [6.45, 7) is 0.553. The molecule has 0 saturated heterocycles. The van der Waals surface area contributed by atoms with Crippen molar-refractivity contribution < 1.29 is 4.79 Å². The Kier molecular flexibility index (Phi) is 4.68. The minimum absolute atomic E-state index is 0.0803. The van der Waals surface area contributed by atoms with E-state index in [1.807, 2.05) is 11.8 Å². The highest BCUT2D eigenvalue weighted by Gasteiger charge is 2.26. The van der Waals surface area contributed by atoms with Crippen molar-refractivity contribution in [2.24, 2.45) is 11.7 Å². The SMILES string of the molecule is NCC(NC(=O)c1cc2c(s1)CCSC2)C1CCCC1. The van der Waals surface area contributed by atoms with Crippen molar-refractivity contribution in [2.75, 3.05) is 12.3 Å². The summed E-state index contributed by atoms with van der Waals surface area (Å²) in [6, 6.07) is 2.24. The molecule has 5 heteroatoms. The molecule has 1 unspecified atom stereocenters. The third-order valence-electron chi connectivity index (χ3n) is 4.39. The first-order valence-electron chi connectivity index (χ1n) is 7.48. The van der Waals surface area contributed by atoms with E-state index in [0.29, 0.717) is 12.5 Å². The molecule has 1 amide bonds. The molecule has 20 heavy (non-hydrogen) atoms. The molecule has 1 aliphatic carbocycles. The van der Waals surface area contributed by atoms with E-state index in [1.54, 1.807) is 11.3 Å². The van der Waals surface area contributed by atoms with Crippen LogP contribution in [-0.4, -0.2) is 24.2 Å². The van der Waals surface area contributed by atoms with Crippen LogP contribution in [0.1, 0.15) is 45.8 Å². The highest BCUT2D eigenvalue weighted by atomic mass is 32.2. The lowest BCUT2D eigenvalue weighted by atomic mass is 9.98. The van der Waals surface area contributed by atoms with Crippen molar-refractivity contribution in [3.8, 4) is 0 Å². The van der Waals surface area contributed by atoms with Gasteiger partial charge in [-0.25, -0.2) is 0 Å². The Morgan fingerprint density at radius 3 is 2.95 bits per heavy atom. The van der Waals surface area contributed by atoms with Gasteiger partial charge in [-0.15, -0.1) is 11.3 Å².